The number of diazo groups is 1. The second kappa shape index (κ2) is 4.47. The third kappa shape index (κ3) is 1.66. The Morgan fingerprint density at radius 1 is 1.05 bits per heavy atom. The average Bonchev–Trinajstić information content (AvgIpc) is 2.54. The molecule has 0 heterocycles. The lowest BCUT2D eigenvalue weighted by Gasteiger charge is -2.28. The topological polar surface area (TPSA) is 62.3 Å². The van der Waals surface area contributed by atoms with Crippen LogP contribution >= 0.6 is 0 Å². The highest BCUT2D eigenvalue weighted by Crippen LogP contribution is 2.40. The van der Waals surface area contributed by atoms with Crippen LogP contribution in [0.25, 0.3) is 4.98 Å². The van der Waals surface area contributed by atoms with Crippen molar-refractivity contribution in [3.8, 4) is 0 Å². The lowest BCUT2D eigenvalue weighted by molar-refractivity contribution is -0.116. The molecule has 22 heavy (non-hydrogen) atoms. The number of allylic oxidation sites excluding steroid dienone is 11. The lowest BCUT2D eigenvalue weighted by atomic mass is 9.72. The fraction of sp³-hybridized carbons (Fsp3) is 0.111. The van der Waals surface area contributed by atoms with Gasteiger partial charge in [-0.3, -0.25) is 9.59 Å². The standard InChI is InChI=1S/C18H11N2O2/c19-20-16-5-2-4-12-15(16)8-11-7-10-3-1-6-17(21)13(10)9-14(11)18(12)22/h1-9,14,16H/q+1. The van der Waals surface area contributed by atoms with Gasteiger partial charge in [0, 0.05) is 17.2 Å². The van der Waals surface area contributed by atoms with Crippen LogP contribution in [0.2, 0.25) is 0 Å². The van der Waals surface area contributed by atoms with Crippen molar-refractivity contribution in [2.24, 2.45) is 5.92 Å². The van der Waals surface area contributed by atoms with Gasteiger partial charge in [-0.1, -0.05) is 30.4 Å². The fourth-order valence-electron chi connectivity index (χ4n) is 3.21. The summed E-state index contributed by atoms with van der Waals surface area (Å²) in [5.74, 6) is -0.574. The molecule has 0 amide bonds. The van der Waals surface area contributed by atoms with E-state index >= 15 is 0 Å². The summed E-state index contributed by atoms with van der Waals surface area (Å²) < 4.78 is 0. The first-order valence-corrected chi connectivity index (χ1v) is 7.04. The highest BCUT2D eigenvalue weighted by Gasteiger charge is 2.40. The fourth-order valence-corrected chi connectivity index (χ4v) is 3.21. The summed E-state index contributed by atoms with van der Waals surface area (Å²) in [5.41, 5.74) is 3.49. The van der Waals surface area contributed by atoms with E-state index in [-0.39, 0.29) is 11.6 Å². The Bertz CT molecular complexity index is 883. The summed E-state index contributed by atoms with van der Waals surface area (Å²) >= 11 is 0. The second-order valence-electron chi connectivity index (χ2n) is 5.54. The van der Waals surface area contributed by atoms with Gasteiger partial charge in [0.1, 0.15) is 4.98 Å². The quantitative estimate of drug-likeness (QED) is 0.644. The molecule has 2 unspecified atom stereocenters. The van der Waals surface area contributed by atoms with Crippen LogP contribution in [0.5, 0.6) is 0 Å². The van der Waals surface area contributed by atoms with Crippen LogP contribution < -0.4 is 0 Å². The third-order valence-corrected chi connectivity index (χ3v) is 4.29. The molecule has 0 radical (unpaired) electrons. The van der Waals surface area contributed by atoms with Gasteiger partial charge >= 0.3 is 6.04 Å². The van der Waals surface area contributed by atoms with Gasteiger partial charge in [0.25, 0.3) is 0 Å². The summed E-state index contributed by atoms with van der Waals surface area (Å²) in [6, 6.07) is -0.516. The minimum absolute atomic E-state index is 0.0596. The van der Waals surface area contributed by atoms with Gasteiger partial charge in [0.15, 0.2) is 11.6 Å². The largest absolute Gasteiger partial charge is 0.358 e. The number of carbonyl (C=O) groups is 2. The minimum Gasteiger partial charge on any atom is -0.293 e. The van der Waals surface area contributed by atoms with E-state index in [1.165, 1.54) is 6.08 Å². The monoisotopic (exact) mass is 287 g/mol. The van der Waals surface area contributed by atoms with Crippen molar-refractivity contribution in [3.05, 3.63) is 87.5 Å². The van der Waals surface area contributed by atoms with Crippen molar-refractivity contribution in [1.29, 1.82) is 5.39 Å². The Morgan fingerprint density at radius 2 is 1.91 bits per heavy atom. The van der Waals surface area contributed by atoms with E-state index in [0.717, 1.165) is 11.1 Å². The molecule has 0 aromatic carbocycles. The number of fused-ring (bicyclic) bond motifs is 3. The van der Waals surface area contributed by atoms with Crippen LogP contribution in [0.15, 0.2) is 82.5 Å². The van der Waals surface area contributed by atoms with Gasteiger partial charge in [0.05, 0.1) is 11.5 Å². The molecule has 0 spiro atoms. The summed E-state index contributed by atoms with van der Waals surface area (Å²) in [6.07, 6.45) is 15.8. The zero-order chi connectivity index (χ0) is 15.3. The maximum atomic E-state index is 12.7. The van der Waals surface area contributed by atoms with Gasteiger partial charge in [0.2, 0.25) is 5.39 Å². The van der Waals surface area contributed by atoms with Gasteiger partial charge < -0.3 is 0 Å². The Morgan fingerprint density at radius 3 is 2.73 bits per heavy atom. The van der Waals surface area contributed by atoms with E-state index in [4.69, 9.17) is 5.39 Å². The van der Waals surface area contributed by atoms with Crippen LogP contribution in [0.4, 0.5) is 0 Å². The van der Waals surface area contributed by atoms with E-state index in [0.29, 0.717) is 16.7 Å². The Labute approximate surface area is 126 Å². The van der Waals surface area contributed by atoms with E-state index in [1.807, 2.05) is 18.2 Å². The van der Waals surface area contributed by atoms with Crippen molar-refractivity contribution in [1.82, 2.24) is 0 Å². The van der Waals surface area contributed by atoms with Gasteiger partial charge in [-0.15, -0.1) is 0 Å². The molecule has 0 bridgehead atoms. The average molecular weight is 287 g/mol. The third-order valence-electron chi connectivity index (χ3n) is 4.29. The van der Waals surface area contributed by atoms with Crippen LogP contribution in [0.1, 0.15) is 0 Å². The number of ketones is 2. The number of hydrogen-bond donors (Lipinski definition) is 0. The SMILES string of the molecule is N#[N+]C1C=CC=C2C(=O)C3C=C4C(=O)C=CC=C4C=C3C=C21. The molecule has 0 fully saturated rings. The first-order valence-electron chi connectivity index (χ1n) is 7.04. The van der Waals surface area contributed by atoms with E-state index in [9.17, 15) is 9.59 Å². The van der Waals surface area contributed by atoms with Crippen LogP contribution in [-0.2, 0) is 9.59 Å². The molecule has 4 rings (SSSR count). The maximum Gasteiger partial charge on any atom is 0.358 e. The Kier molecular flexibility index (Phi) is 2.57. The summed E-state index contributed by atoms with van der Waals surface area (Å²) in [4.78, 5) is 28.0. The van der Waals surface area contributed by atoms with Crippen LogP contribution in [0.3, 0.4) is 0 Å². The molecule has 4 nitrogen and oxygen atoms in total. The highest BCUT2D eigenvalue weighted by atomic mass is 16.1. The molecular weight excluding hydrogens is 276 g/mol. The molecule has 0 aliphatic heterocycles. The van der Waals surface area contributed by atoms with Crippen molar-refractivity contribution in [3.63, 3.8) is 0 Å². The number of carbonyl (C=O) groups excluding carboxylic acids is 2. The zero-order valence-electron chi connectivity index (χ0n) is 11.6. The minimum atomic E-state index is -0.516. The van der Waals surface area contributed by atoms with Crippen LogP contribution in [0, 0.1) is 11.3 Å². The van der Waals surface area contributed by atoms with Crippen molar-refractivity contribution in [2.45, 2.75) is 6.04 Å². The predicted octanol–water partition coefficient (Wildman–Crippen LogP) is 2.76. The first kappa shape index (κ1) is 12.7. The predicted molar refractivity (Wildman–Crippen MR) is 81.1 cm³/mol. The van der Waals surface area contributed by atoms with E-state index in [2.05, 4.69) is 4.98 Å². The number of rotatable bonds is 0. The van der Waals surface area contributed by atoms with Gasteiger partial charge in [-0.2, -0.15) is 0 Å². The molecule has 2 atom stereocenters. The van der Waals surface area contributed by atoms with Crippen molar-refractivity contribution >= 4 is 11.6 Å². The number of hydrogen-bond acceptors (Lipinski definition) is 3. The van der Waals surface area contributed by atoms with Crippen molar-refractivity contribution < 1.29 is 9.59 Å². The molecule has 4 heteroatoms. The molecule has 4 aliphatic rings. The highest BCUT2D eigenvalue weighted by molar-refractivity contribution is 6.13. The number of Topliss-reactive ketones (excluding diaryl/α,β-unsaturated/α-hetero) is 1. The van der Waals surface area contributed by atoms with Gasteiger partial charge in [-0.05, 0) is 29.4 Å². The number of nitrogens with zero attached hydrogens (tertiary/aromatic N) is 2. The zero-order valence-corrected chi connectivity index (χ0v) is 11.6. The normalized spacial score (nSPS) is 28.2. The maximum absolute atomic E-state index is 12.7. The molecule has 0 aromatic rings. The molecule has 104 valence electrons. The van der Waals surface area contributed by atoms with E-state index in [1.54, 1.807) is 30.4 Å². The molecule has 0 saturated heterocycles. The molecular formula is C18H11N2O2+. The lowest BCUT2D eigenvalue weighted by Crippen LogP contribution is -2.29. The summed E-state index contributed by atoms with van der Waals surface area (Å²) in [5, 5.41) is 9.13. The molecule has 0 saturated carbocycles. The Hall–Kier alpha value is -3.06. The van der Waals surface area contributed by atoms with Gasteiger partial charge in [-0.25, -0.2) is 0 Å². The van der Waals surface area contributed by atoms with E-state index < -0.39 is 12.0 Å². The summed E-state index contributed by atoms with van der Waals surface area (Å²) in [6.45, 7) is 0. The Balaban J connectivity index is 1.89. The smallest absolute Gasteiger partial charge is 0.293 e. The van der Waals surface area contributed by atoms with Crippen LogP contribution in [-0.4, -0.2) is 17.6 Å². The second-order valence-corrected chi connectivity index (χ2v) is 5.54. The summed E-state index contributed by atoms with van der Waals surface area (Å²) in [7, 11) is 0. The first-order chi connectivity index (χ1) is 10.7. The molecule has 0 N–H and O–H groups in total. The van der Waals surface area contributed by atoms with Crippen molar-refractivity contribution in [2.75, 3.05) is 0 Å². The molecule has 4 aliphatic carbocycles. The molecule has 0 aromatic heterocycles.